The molecule has 1 amide bonds. The van der Waals surface area contributed by atoms with Crippen molar-refractivity contribution in [2.75, 3.05) is 20.6 Å². The van der Waals surface area contributed by atoms with E-state index in [-0.39, 0.29) is 11.9 Å². The zero-order valence-corrected chi connectivity index (χ0v) is 10.7. The number of carbonyl (C=O) groups is 1. The zero-order valence-electron chi connectivity index (χ0n) is 10.7. The SMILES string of the molecule is C/C=C/C(=O)NC[C@H](c1ccccc1)N(C)C. The Morgan fingerprint density at radius 2 is 2.00 bits per heavy atom. The summed E-state index contributed by atoms with van der Waals surface area (Å²) in [6.07, 6.45) is 3.28. The van der Waals surface area contributed by atoms with Crippen molar-refractivity contribution < 1.29 is 4.79 Å². The standard InChI is InChI=1S/C14H20N2O/c1-4-8-14(17)15-11-13(16(2)3)12-9-6-5-7-10-12/h4-10,13H,11H2,1-3H3,(H,15,17)/b8-4+/t13-/m1/s1. The molecule has 3 heteroatoms. The Labute approximate surface area is 103 Å². The minimum atomic E-state index is -0.0460. The van der Waals surface area contributed by atoms with Crippen LogP contribution in [0.4, 0.5) is 0 Å². The van der Waals surface area contributed by atoms with E-state index in [1.165, 1.54) is 11.6 Å². The number of allylic oxidation sites excluding steroid dienone is 1. The lowest BCUT2D eigenvalue weighted by atomic mass is 10.1. The first-order chi connectivity index (χ1) is 8.15. The van der Waals surface area contributed by atoms with Gasteiger partial charge in [-0.2, -0.15) is 0 Å². The molecule has 0 spiro atoms. The van der Waals surface area contributed by atoms with Gasteiger partial charge in [-0.05, 0) is 32.7 Å². The van der Waals surface area contributed by atoms with Crippen molar-refractivity contribution in [2.45, 2.75) is 13.0 Å². The summed E-state index contributed by atoms with van der Waals surface area (Å²) in [5.41, 5.74) is 1.21. The highest BCUT2D eigenvalue weighted by Gasteiger charge is 2.13. The Bertz CT molecular complexity index is 371. The molecule has 0 fully saturated rings. The maximum atomic E-state index is 11.4. The minimum Gasteiger partial charge on any atom is -0.351 e. The average Bonchev–Trinajstić information content (AvgIpc) is 2.30. The van der Waals surface area contributed by atoms with Gasteiger partial charge in [-0.1, -0.05) is 36.4 Å². The van der Waals surface area contributed by atoms with Crippen LogP contribution in [0.15, 0.2) is 42.5 Å². The smallest absolute Gasteiger partial charge is 0.243 e. The number of likely N-dealkylation sites (N-methyl/N-ethyl adjacent to an activating group) is 1. The Morgan fingerprint density at radius 1 is 1.35 bits per heavy atom. The quantitative estimate of drug-likeness (QED) is 0.787. The van der Waals surface area contributed by atoms with Crippen LogP contribution in [0.25, 0.3) is 0 Å². The highest BCUT2D eigenvalue weighted by atomic mass is 16.1. The second-order valence-corrected chi connectivity index (χ2v) is 4.14. The molecule has 0 saturated carbocycles. The number of benzene rings is 1. The highest BCUT2D eigenvalue weighted by Crippen LogP contribution is 2.16. The maximum absolute atomic E-state index is 11.4. The fourth-order valence-electron chi connectivity index (χ4n) is 1.68. The van der Waals surface area contributed by atoms with Gasteiger partial charge >= 0.3 is 0 Å². The lowest BCUT2D eigenvalue weighted by molar-refractivity contribution is -0.116. The molecule has 0 aliphatic carbocycles. The van der Waals surface area contributed by atoms with Crippen LogP contribution in [-0.4, -0.2) is 31.4 Å². The normalized spacial score (nSPS) is 12.9. The topological polar surface area (TPSA) is 32.3 Å². The van der Waals surface area contributed by atoms with Crippen molar-refractivity contribution in [1.29, 1.82) is 0 Å². The molecule has 1 aromatic carbocycles. The van der Waals surface area contributed by atoms with E-state index in [1.807, 2.05) is 39.2 Å². The molecular formula is C14H20N2O. The molecule has 1 aromatic rings. The van der Waals surface area contributed by atoms with Gasteiger partial charge in [0, 0.05) is 6.54 Å². The lowest BCUT2D eigenvalue weighted by Crippen LogP contribution is -2.33. The van der Waals surface area contributed by atoms with Crippen molar-refractivity contribution in [3.8, 4) is 0 Å². The summed E-state index contributed by atoms with van der Waals surface area (Å²) < 4.78 is 0. The Hall–Kier alpha value is -1.61. The average molecular weight is 232 g/mol. The van der Waals surface area contributed by atoms with Crippen molar-refractivity contribution >= 4 is 5.91 Å². The van der Waals surface area contributed by atoms with Crippen LogP contribution in [-0.2, 0) is 4.79 Å². The molecule has 0 aromatic heterocycles. The molecule has 0 aliphatic heterocycles. The van der Waals surface area contributed by atoms with E-state index in [4.69, 9.17) is 0 Å². The first-order valence-corrected chi connectivity index (χ1v) is 5.77. The van der Waals surface area contributed by atoms with Gasteiger partial charge in [0.15, 0.2) is 0 Å². The molecule has 0 aliphatic rings. The third-order valence-electron chi connectivity index (χ3n) is 2.60. The number of hydrogen-bond donors (Lipinski definition) is 1. The number of rotatable bonds is 5. The molecule has 1 rings (SSSR count). The molecule has 1 N–H and O–H groups in total. The Morgan fingerprint density at radius 3 is 2.53 bits per heavy atom. The largest absolute Gasteiger partial charge is 0.351 e. The molecule has 0 unspecified atom stereocenters. The van der Waals surface area contributed by atoms with E-state index in [1.54, 1.807) is 6.08 Å². The van der Waals surface area contributed by atoms with E-state index in [9.17, 15) is 4.79 Å². The van der Waals surface area contributed by atoms with Gasteiger partial charge in [-0.25, -0.2) is 0 Å². The van der Waals surface area contributed by atoms with Crippen LogP contribution in [0.1, 0.15) is 18.5 Å². The molecule has 0 bridgehead atoms. The third-order valence-corrected chi connectivity index (χ3v) is 2.60. The Kier molecular flexibility index (Phi) is 5.43. The number of nitrogens with one attached hydrogen (secondary N) is 1. The van der Waals surface area contributed by atoms with Crippen molar-refractivity contribution in [3.05, 3.63) is 48.0 Å². The molecule has 17 heavy (non-hydrogen) atoms. The third kappa shape index (κ3) is 4.41. The zero-order chi connectivity index (χ0) is 12.7. The van der Waals surface area contributed by atoms with Crippen LogP contribution in [0.3, 0.4) is 0 Å². The van der Waals surface area contributed by atoms with Crippen LogP contribution in [0.5, 0.6) is 0 Å². The van der Waals surface area contributed by atoms with Crippen LogP contribution >= 0.6 is 0 Å². The van der Waals surface area contributed by atoms with Crippen molar-refractivity contribution in [2.24, 2.45) is 0 Å². The van der Waals surface area contributed by atoms with E-state index < -0.39 is 0 Å². The summed E-state index contributed by atoms with van der Waals surface area (Å²) in [7, 11) is 4.03. The van der Waals surface area contributed by atoms with Crippen molar-refractivity contribution in [1.82, 2.24) is 10.2 Å². The predicted molar refractivity (Wildman–Crippen MR) is 70.7 cm³/mol. The van der Waals surface area contributed by atoms with Gasteiger partial charge in [-0.3, -0.25) is 4.79 Å². The molecule has 0 radical (unpaired) electrons. The summed E-state index contributed by atoms with van der Waals surface area (Å²) in [5.74, 6) is -0.0460. The van der Waals surface area contributed by atoms with Gasteiger partial charge in [-0.15, -0.1) is 0 Å². The first-order valence-electron chi connectivity index (χ1n) is 5.77. The summed E-state index contributed by atoms with van der Waals surface area (Å²) in [6, 6.07) is 10.4. The summed E-state index contributed by atoms with van der Waals surface area (Å²) in [6.45, 7) is 2.44. The summed E-state index contributed by atoms with van der Waals surface area (Å²) in [4.78, 5) is 13.5. The number of hydrogen-bond acceptors (Lipinski definition) is 2. The van der Waals surface area contributed by atoms with Gasteiger partial charge in [0.25, 0.3) is 0 Å². The molecule has 1 atom stereocenters. The molecule has 0 saturated heterocycles. The van der Waals surface area contributed by atoms with E-state index in [2.05, 4.69) is 22.3 Å². The van der Waals surface area contributed by atoms with Crippen LogP contribution < -0.4 is 5.32 Å². The van der Waals surface area contributed by atoms with E-state index in [0.29, 0.717) is 6.54 Å². The molecule has 0 heterocycles. The second-order valence-electron chi connectivity index (χ2n) is 4.14. The molecular weight excluding hydrogens is 212 g/mol. The predicted octanol–water partition coefficient (Wildman–Crippen LogP) is 1.98. The van der Waals surface area contributed by atoms with Crippen LogP contribution in [0, 0.1) is 0 Å². The number of carbonyl (C=O) groups excluding carboxylic acids is 1. The summed E-state index contributed by atoms with van der Waals surface area (Å²) in [5, 5.41) is 2.90. The van der Waals surface area contributed by atoms with E-state index >= 15 is 0 Å². The first kappa shape index (κ1) is 13.5. The van der Waals surface area contributed by atoms with Crippen molar-refractivity contribution in [3.63, 3.8) is 0 Å². The highest BCUT2D eigenvalue weighted by molar-refractivity contribution is 5.87. The van der Waals surface area contributed by atoms with Gasteiger partial charge in [0.05, 0.1) is 6.04 Å². The number of amides is 1. The lowest BCUT2D eigenvalue weighted by Gasteiger charge is -2.24. The monoisotopic (exact) mass is 232 g/mol. The van der Waals surface area contributed by atoms with E-state index in [0.717, 1.165) is 0 Å². The molecule has 3 nitrogen and oxygen atoms in total. The minimum absolute atomic E-state index is 0.0460. The summed E-state index contributed by atoms with van der Waals surface area (Å²) >= 11 is 0. The van der Waals surface area contributed by atoms with Crippen LogP contribution in [0.2, 0.25) is 0 Å². The van der Waals surface area contributed by atoms with Gasteiger partial charge < -0.3 is 10.2 Å². The van der Waals surface area contributed by atoms with Gasteiger partial charge in [0.1, 0.15) is 0 Å². The second kappa shape index (κ2) is 6.86. The Balaban J connectivity index is 2.65. The molecule has 92 valence electrons. The number of nitrogens with zero attached hydrogens (tertiary/aromatic N) is 1. The fraction of sp³-hybridized carbons (Fsp3) is 0.357. The fourth-order valence-corrected chi connectivity index (χ4v) is 1.68. The maximum Gasteiger partial charge on any atom is 0.243 e. The van der Waals surface area contributed by atoms with Gasteiger partial charge in [0.2, 0.25) is 5.91 Å².